The van der Waals surface area contributed by atoms with Gasteiger partial charge in [-0.25, -0.2) is 4.79 Å². The predicted molar refractivity (Wildman–Crippen MR) is 253 cm³/mol. The summed E-state index contributed by atoms with van der Waals surface area (Å²) in [5.74, 6) is -2.01. The Morgan fingerprint density at radius 1 is 0.507 bits per heavy atom. The van der Waals surface area contributed by atoms with Crippen molar-refractivity contribution < 1.29 is 59.0 Å². The molecule has 27 heteroatoms. The zero-order valence-corrected chi connectivity index (χ0v) is 39.0. The van der Waals surface area contributed by atoms with Crippen LogP contribution in [0.2, 0.25) is 0 Å². The van der Waals surface area contributed by atoms with Crippen LogP contribution in [0.1, 0.15) is 27.0 Å². The molecule has 0 radical (unpaired) electrons. The van der Waals surface area contributed by atoms with Crippen LogP contribution in [-0.2, 0) is 30.4 Å². The fourth-order valence-electron chi connectivity index (χ4n) is 6.81. The number of aryl methyl sites for hydroxylation is 3. The van der Waals surface area contributed by atoms with Gasteiger partial charge in [-0.3, -0.25) is 13.7 Å². The maximum absolute atomic E-state index is 12.5. The number of carboxylic acid groups (broad SMARTS) is 1. The Kier molecular flexibility index (Phi) is 12.9. The second kappa shape index (κ2) is 18.7. The number of aromatic nitrogens is 3. The summed E-state index contributed by atoms with van der Waals surface area (Å²) in [7, 11) is -14.7. The minimum atomic E-state index is -4.96. The van der Waals surface area contributed by atoms with E-state index in [0.717, 1.165) is 41.2 Å². The fraction of sp³-hybridized carbons (Fsp3) is 0.0682. The second-order valence-corrected chi connectivity index (χ2v) is 19.6. The Labute approximate surface area is 401 Å². The van der Waals surface area contributed by atoms with Gasteiger partial charge in [0.15, 0.2) is 5.75 Å². The van der Waals surface area contributed by atoms with Gasteiger partial charge in [0.05, 0.1) is 44.6 Å². The van der Waals surface area contributed by atoms with Crippen LogP contribution >= 0.6 is 0 Å². The third-order valence-corrected chi connectivity index (χ3v) is 13.0. The molecule has 7 aromatic carbocycles. The van der Waals surface area contributed by atoms with E-state index in [4.69, 9.17) is 0 Å². The first kappa shape index (κ1) is 48.8. The van der Waals surface area contributed by atoms with Gasteiger partial charge >= 0.3 is 5.97 Å². The summed E-state index contributed by atoms with van der Waals surface area (Å²) < 4.78 is 103. The van der Waals surface area contributed by atoms with Gasteiger partial charge in [0, 0.05) is 5.39 Å². The first-order valence-electron chi connectivity index (χ1n) is 20.1. The number of azo groups is 4. The van der Waals surface area contributed by atoms with Crippen LogP contribution < -0.4 is 0 Å². The highest BCUT2D eigenvalue weighted by atomic mass is 32.2. The number of benzene rings is 7. The van der Waals surface area contributed by atoms with Gasteiger partial charge in [-0.2, -0.15) is 55.9 Å². The molecular weight excluding hydrogens is 987 g/mol. The molecule has 1 heterocycles. The molecule has 6 N–H and O–H groups in total. The van der Waals surface area contributed by atoms with Crippen LogP contribution in [0.3, 0.4) is 0 Å². The highest BCUT2D eigenvalue weighted by Crippen LogP contribution is 2.43. The number of phenolic OH excluding ortho intramolecular Hbond substituents is 2. The lowest BCUT2D eigenvalue weighted by molar-refractivity contribution is 0.0696. The second-order valence-electron chi connectivity index (χ2n) is 15.4. The Hall–Kier alpha value is -8.60. The predicted octanol–water partition coefficient (Wildman–Crippen LogP) is 11.0. The molecule has 0 saturated heterocycles. The molecule has 360 valence electrons. The first-order valence-corrected chi connectivity index (χ1v) is 24.4. The summed E-state index contributed by atoms with van der Waals surface area (Å²) in [6, 6.07) is 24.0. The Bertz CT molecular complexity index is 4010. The molecular formula is C44H33N11O13S3. The van der Waals surface area contributed by atoms with Crippen molar-refractivity contribution in [2.75, 3.05) is 0 Å². The minimum Gasteiger partial charge on any atom is -0.508 e. The van der Waals surface area contributed by atoms with Crippen LogP contribution in [-0.4, -0.2) is 75.2 Å². The lowest BCUT2D eigenvalue weighted by atomic mass is 10.1. The molecule has 0 aliphatic carbocycles. The van der Waals surface area contributed by atoms with Crippen molar-refractivity contribution in [1.29, 1.82) is 0 Å². The van der Waals surface area contributed by atoms with Crippen molar-refractivity contribution in [3.05, 3.63) is 131 Å². The zero-order valence-electron chi connectivity index (χ0n) is 36.6. The van der Waals surface area contributed by atoms with E-state index >= 15 is 0 Å². The highest BCUT2D eigenvalue weighted by molar-refractivity contribution is 7.86. The van der Waals surface area contributed by atoms with E-state index in [1.165, 1.54) is 48.5 Å². The van der Waals surface area contributed by atoms with Crippen molar-refractivity contribution >= 4 is 104 Å². The van der Waals surface area contributed by atoms with Crippen LogP contribution in [0.4, 0.5) is 45.5 Å². The third-order valence-electron chi connectivity index (χ3n) is 10.4. The zero-order chi connectivity index (χ0) is 51.2. The summed E-state index contributed by atoms with van der Waals surface area (Å²) in [6.07, 6.45) is 0. The van der Waals surface area contributed by atoms with E-state index < -0.39 is 68.0 Å². The van der Waals surface area contributed by atoms with Crippen molar-refractivity contribution in [2.45, 2.75) is 35.5 Å². The van der Waals surface area contributed by atoms with Gasteiger partial charge in [0.25, 0.3) is 30.4 Å². The van der Waals surface area contributed by atoms with Crippen LogP contribution in [0, 0.1) is 20.8 Å². The van der Waals surface area contributed by atoms with Gasteiger partial charge < -0.3 is 15.3 Å². The molecule has 71 heavy (non-hydrogen) atoms. The molecule has 0 saturated carbocycles. The van der Waals surface area contributed by atoms with E-state index in [-0.39, 0.29) is 50.3 Å². The average molecular weight is 1020 g/mol. The van der Waals surface area contributed by atoms with Crippen molar-refractivity contribution in [3.8, 4) is 17.2 Å². The summed E-state index contributed by atoms with van der Waals surface area (Å²) in [4.78, 5) is 10.5. The van der Waals surface area contributed by atoms with Crippen LogP contribution in [0.25, 0.3) is 27.5 Å². The molecule has 0 fully saturated rings. The number of nitrogens with zero attached hydrogens (tertiary/aromatic N) is 11. The van der Waals surface area contributed by atoms with Gasteiger partial charge in [-0.05, 0) is 152 Å². The van der Waals surface area contributed by atoms with E-state index in [1.54, 1.807) is 45.0 Å². The average Bonchev–Trinajstić information content (AvgIpc) is 3.73. The van der Waals surface area contributed by atoms with E-state index in [9.17, 15) is 59.0 Å². The molecule has 0 amide bonds. The molecule has 0 unspecified atom stereocenters. The third kappa shape index (κ3) is 10.7. The number of carbonyl (C=O) groups is 1. The van der Waals surface area contributed by atoms with Gasteiger partial charge in [0.2, 0.25) is 0 Å². The minimum absolute atomic E-state index is 0.0481. The highest BCUT2D eigenvalue weighted by Gasteiger charge is 2.24. The fourth-order valence-corrected chi connectivity index (χ4v) is 8.59. The number of aromatic hydroxyl groups is 2. The number of hydrogen-bond donors (Lipinski definition) is 6. The molecule has 0 aliphatic heterocycles. The maximum atomic E-state index is 12.5. The van der Waals surface area contributed by atoms with Crippen molar-refractivity contribution in [1.82, 2.24) is 15.0 Å². The lowest BCUT2D eigenvalue weighted by Crippen LogP contribution is -2.10. The maximum Gasteiger partial charge on any atom is 0.337 e. The molecule has 0 atom stereocenters. The quantitative estimate of drug-likeness (QED) is 0.0462. The summed E-state index contributed by atoms with van der Waals surface area (Å²) >= 11 is 0. The van der Waals surface area contributed by atoms with Gasteiger partial charge in [-0.1, -0.05) is 0 Å². The smallest absolute Gasteiger partial charge is 0.337 e. The lowest BCUT2D eigenvalue weighted by Gasteiger charge is -2.10. The van der Waals surface area contributed by atoms with Gasteiger partial charge in [0.1, 0.15) is 43.6 Å². The molecule has 8 aromatic rings. The number of fused-ring (bicyclic) bond motifs is 2. The molecule has 1 aromatic heterocycles. The van der Waals surface area contributed by atoms with Crippen LogP contribution in [0.5, 0.6) is 11.5 Å². The SMILES string of the molecule is Cc1cc(N=Nc2c(S(=O)(=O)O)cc3cc(N=Nc4ccc(O)cc4)ccc3c2O)c(C)cc1N=Nc1ccc(N=Nc2cc3nn(-c4cc(S(=O)(=O)O)ccc4C(=O)O)nc3cc2S(=O)(=O)O)c(C)c1. The number of phenols is 2. The molecule has 8 rings (SSSR count). The van der Waals surface area contributed by atoms with Crippen molar-refractivity contribution in [3.63, 3.8) is 0 Å². The number of hydrogen-bond acceptors (Lipinski definition) is 19. The molecule has 24 nitrogen and oxygen atoms in total. The summed E-state index contributed by atoms with van der Waals surface area (Å²) in [6.45, 7) is 5.05. The number of carboxylic acids is 1. The largest absolute Gasteiger partial charge is 0.508 e. The molecule has 0 spiro atoms. The number of aromatic carboxylic acids is 1. The van der Waals surface area contributed by atoms with Gasteiger partial charge in [-0.15, -0.1) is 25.2 Å². The standard InChI is InChI=1S/C44H33N11O13S3/c1-22-14-27(7-13-33(22)48-51-38-20-36-37(21-40(38)70(63,64)65)54-55(53-36)39-19-30(69(60,61)62)10-12-32(39)44(58)59)47-49-34-15-24(3)35(16-23(34)2)50-52-42-41(71(66,67)68)18-25-17-28(6-11-31(25)43(42)57)46-45-26-4-8-29(56)9-5-26/h4-21,56-57H,1-3H3,(H,58,59)(H,60,61,62)(H,63,64,65)(H,66,67,68). The summed E-state index contributed by atoms with van der Waals surface area (Å²) in [5, 5.41) is 72.3. The topological polar surface area (TPSA) is 370 Å². The first-order chi connectivity index (χ1) is 33.4. The van der Waals surface area contributed by atoms with Crippen LogP contribution in [0.15, 0.2) is 165 Å². The Morgan fingerprint density at radius 3 is 1.66 bits per heavy atom. The Morgan fingerprint density at radius 2 is 1.04 bits per heavy atom. The molecule has 0 aliphatic rings. The number of rotatable bonds is 13. The van der Waals surface area contributed by atoms with Crippen molar-refractivity contribution in [2.24, 2.45) is 40.9 Å². The Balaban J connectivity index is 1.02. The molecule has 0 bridgehead atoms. The van der Waals surface area contributed by atoms with E-state index in [0.29, 0.717) is 39.4 Å². The summed E-state index contributed by atoms with van der Waals surface area (Å²) in [5.41, 5.74) is 1.68. The van der Waals surface area contributed by atoms with E-state index in [2.05, 4.69) is 51.1 Å². The normalized spacial score (nSPS) is 12.7. The monoisotopic (exact) mass is 1020 g/mol. The van der Waals surface area contributed by atoms with E-state index in [1.807, 2.05) is 0 Å².